The molecule has 2 N–H and O–H groups in total. The second-order valence-electron chi connectivity index (χ2n) is 4.61. The lowest BCUT2D eigenvalue weighted by Crippen LogP contribution is -2.40. The van der Waals surface area contributed by atoms with Crippen molar-refractivity contribution in [3.63, 3.8) is 0 Å². The molecule has 4 nitrogen and oxygen atoms in total. The van der Waals surface area contributed by atoms with Gasteiger partial charge in [0.25, 0.3) is 0 Å². The Hall–Kier alpha value is -1.23. The van der Waals surface area contributed by atoms with Gasteiger partial charge in [0.2, 0.25) is 0 Å². The lowest BCUT2D eigenvalue weighted by Gasteiger charge is -2.30. The van der Waals surface area contributed by atoms with Crippen LogP contribution in [0.1, 0.15) is 25.5 Å². The van der Waals surface area contributed by atoms with E-state index in [0.717, 1.165) is 10.2 Å². The molecule has 18 heavy (non-hydrogen) atoms. The Bertz CT molecular complexity index is 473. The third-order valence-electron chi connectivity index (χ3n) is 3.14. The van der Waals surface area contributed by atoms with Gasteiger partial charge in [0.15, 0.2) is 5.96 Å². The topological polar surface area (TPSA) is 50.9 Å². The van der Waals surface area contributed by atoms with Gasteiger partial charge >= 0.3 is 0 Å². The van der Waals surface area contributed by atoms with Crippen LogP contribution in [0.25, 0.3) is 0 Å². The van der Waals surface area contributed by atoms with Crippen LogP contribution in [0, 0.1) is 0 Å². The first-order valence-corrected chi connectivity index (χ1v) is 6.75. The fourth-order valence-corrected chi connectivity index (χ4v) is 2.85. The Labute approximate surface area is 116 Å². The number of nitrogens with two attached hydrogens (primary N) is 1. The maximum atomic E-state index is 5.94. The van der Waals surface area contributed by atoms with Gasteiger partial charge in [0.05, 0.1) is 24.2 Å². The molecule has 1 atom stereocenters. The van der Waals surface area contributed by atoms with Gasteiger partial charge in [-0.15, -0.1) is 0 Å². The highest BCUT2D eigenvalue weighted by atomic mass is 79.9. The van der Waals surface area contributed by atoms with Crippen molar-refractivity contribution < 1.29 is 4.74 Å². The molecule has 98 valence electrons. The van der Waals surface area contributed by atoms with Crippen molar-refractivity contribution in [3.8, 4) is 5.75 Å². The SMILES string of the molecule is COc1ccc(C2CN=C(N)N2C(C)C)cc1Br. The van der Waals surface area contributed by atoms with E-state index in [4.69, 9.17) is 10.5 Å². The predicted molar refractivity (Wildman–Crippen MR) is 76.9 cm³/mol. The van der Waals surface area contributed by atoms with Crippen molar-refractivity contribution in [1.29, 1.82) is 0 Å². The van der Waals surface area contributed by atoms with Crippen LogP contribution in [-0.2, 0) is 0 Å². The van der Waals surface area contributed by atoms with Crippen LogP contribution in [0.4, 0.5) is 0 Å². The van der Waals surface area contributed by atoms with Crippen LogP contribution >= 0.6 is 15.9 Å². The molecule has 2 rings (SSSR count). The molecule has 1 aliphatic heterocycles. The first kappa shape index (κ1) is 13.2. The van der Waals surface area contributed by atoms with E-state index in [2.05, 4.69) is 51.8 Å². The van der Waals surface area contributed by atoms with Crippen molar-refractivity contribution in [1.82, 2.24) is 4.90 Å². The van der Waals surface area contributed by atoms with Crippen LogP contribution in [-0.4, -0.2) is 30.6 Å². The third kappa shape index (κ3) is 2.32. The van der Waals surface area contributed by atoms with Crippen molar-refractivity contribution in [3.05, 3.63) is 28.2 Å². The van der Waals surface area contributed by atoms with Gasteiger partial charge in [-0.2, -0.15) is 0 Å². The molecule has 0 fully saturated rings. The van der Waals surface area contributed by atoms with E-state index in [1.165, 1.54) is 5.56 Å². The number of rotatable bonds is 3. The third-order valence-corrected chi connectivity index (χ3v) is 3.76. The van der Waals surface area contributed by atoms with Gasteiger partial charge in [-0.1, -0.05) is 6.07 Å². The summed E-state index contributed by atoms with van der Waals surface area (Å²) in [5.74, 6) is 1.46. The molecule has 1 unspecified atom stereocenters. The maximum Gasteiger partial charge on any atom is 0.192 e. The van der Waals surface area contributed by atoms with Crippen LogP contribution in [0.5, 0.6) is 5.75 Å². The van der Waals surface area contributed by atoms with Crippen LogP contribution in [0.3, 0.4) is 0 Å². The molecular formula is C13H18BrN3O. The predicted octanol–water partition coefficient (Wildman–Crippen LogP) is 2.54. The van der Waals surface area contributed by atoms with E-state index in [1.807, 2.05) is 6.07 Å². The number of methoxy groups -OCH3 is 1. The van der Waals surface area contributed by atoms with Crippen LogP contribution in [0.2, 0.25) is 0 Å². The number of hydrogen-bond donors (Lipinski definition) is 1. The minimum absolute atomic E-state index is 0.215. The Morgan fingerprint density at radius 1 is 1.50 bits per heavy atom. The smallest absolute Gasteiger partial charge is 0.192 e. The van der Waals surface area contributed by atoms with Crippen molar-refractivity contribution in [2.45, 2.75) is 25.9 Å². The number of hydrogen-bond acceptors (Lipinski definition) is 4. The van der Waals surface area contributed by atoms with Crippen LogP contribution in [0.15, 0.2) is 27.7 Å². The van der Waals surface area contributed by atoms with Crippen molar-refractivity contribution in [2.24, 2.45) is 10.7 Å². The minimum Gasteiger partial charge on any atom is -0.496 e. The lowest BCUT2D eigenvalue weighted by molar-refractivity contribution is 0.290. The van der Waals surface area contributed by atoms with Gasteiger partial charge in [0.1, 0.15) is 5.75 Å². The normalized spacial score (nSPS) is 19.3. The zero-order chi connectivity index (χ0) is 13.3. The lowest BCUT2D eigenvalue weighted by atomic mass is 10.1. The Balaban J connectivity index is 2.30. The van der Waals surface area contributed by atoms with Gasteiger partial charge < -0.3 is 15.4 Å². The Kier molecular flexibility index (Phi) is 3.80. The van der Waals surface area contributed by atoms with Crippen molar-refractivity contribution in [2.75, 3.05) is 13.7 Å². The highest BCUT2D eigenvalue weighted by molar-refractivity contribution is 9.10. The van der Waals surface area contributed by atoms with E-state index >= 15 is 0 Å². The fraction of sp³-hybridized carbons (Fsp3) is 0.462. The van der Waals surface area contributed by atoms with Gasteiger partial charge in [0, 0.05) is 6.04 Å². The molecule has 0 aromatic heterocycles. The molecule has 1 aliphatic rings. The monoisotopic (exact) mass is 311 g/mol. The number of aliphatic imine (C=N–C) groups is 1. The average Bonchev–Trinajstić information content (AvgIpc) is 2.71. The number of halogens is 1. The summed E-state index contributed by atoms with van der Waals surface area (Å²) >= 11 is 3.51. The maximum absolute atomic E-state index is 5.94. The summed E-state index contributed by atoms with van der Waals surface area (Å²) in [7, 11) is 1.66. The van der Waals surface area contributed by atoms with Gasteiger partial charge in [-0.05, 0) is 47.5 Å². The molecule has 0 spiro atoms. The molecule has 1 aromatic rings. The molecule has 0 amide bonds. The summed E-state index contributed by atoms with van der Waals surface area (Å²) in [6.45, 7) is 4.96. The quantitative estimate of drug-likeness (QED) is 0.933. The summed E-state index contributed by atoms with van der Waals surface area (Å²) < 4.78 is 6.20. The number of benzene rings is 1. The van der Waals surface area contributed by atoms with Gasteiger partial charge in [-0.3, -0.25) is 4.99 Å². The second kappa shape index (κ2) is 5.18. The first-order chi connectivity index (χ1) is 8.54. The summed E-state index contributed by atoms with van der Waals surface area (Å²) in [5, 5.41) is 0. The van der Waals surface area contributed by atoms with E-state index in [1.54, 1.807) is 7.11 Å². The van der Waals surface area contributed by atoms with E-state index in [9.17, 15) is 0 Å². The summed E-state index contributed by atoms with van der Waals surface area (Å²) in [6.07, 6.45) is 0. The molecule has 0 saturated carbocycles. The zero-order valence-corrected chi connectivity index (χ0v) is 12.4. The molecule has 5 heteroatoms. The molecule has 0 bridgehead atoms. The molecule has 0 radical (unpaired) electrons. The van der Waals surface area contributed by atoms with Crippen molar-refractivity contribution >= 4 is 21.9 Å². The van der Waals surface area contributed by atoms with Crippen LogP contribution < -0.4 is 10.5 Å². The highest BCUT2D eigenvalue weighted by Gasteiger charge is 2.29. The number of ether oxygens (including phenoxy) is 1. The number of guanidine groups is 1. The molecular weight excluding hydrogens is 294 g/mol. The summed E-state index contributed by atoms with van der Waals surface area (Å²) in [5.41, 5.74) is 7.14. The molecule has 1 aromatic carbocycles. The molecule has 0 aliphatic carbocycles. The largest absolute Gasteiger partial charge is 0.496 e. The second-order valence-corrected chi connectivity index (χ2v) is 5.46. The Morgan fingerprint density at radius 2 is 2.22 bits per heavy atom. The standard InChI is InChI=1S/C13H18BrN3O/c1-8(2)17-11(7-16-13(17)15)9-4-5-12(18-3)10(14)6-9/h4-6,8,11H,7H2,1-3H3,(H2,15,16). The molecule has 1 heterocycles. The zero-order valence-electron chi connectivity index (χ0n) is 10.9. The molecule has 0 saturated heterocycles. The Morgan fingerprint density at radius 3 is 2.78 bits per heavy atom. The van der Waals surface area contributed by atoms with Gasteiger partial charge in [-0.25, -0.2) is 0 Å². The van der Waals surface area contributed by atoms with E-state index in [0.29, 0.717) is 18.5 Å². The minimum atomic E-state index is 0.215. The first-order valence-electron chi connectivity index (χ1n) is 5.96. The van der Waals surface area contributed by atoms with E-state index < -0.39 is 0 Å². The average molecular weight is 312 g/mol. The number of nitrogens with zero attached hydrogens (tertiary/aromatic N) is 2. The highest BCUT2D eigenvalue weighted by Crippen LogP contribution is 2.33. The fourth-order valence-electron chi connectivity index (χ4n) is 2.29. The summed E-state index contributed by atoms with van der Waals surface area (Å²) in [4.78, 5) is 6.49. The van der Waals surface area contributed by atoms with E-state index in [-0.39, 0.29) is 6.04 Å². The summed E-state index contributed by atoms with van der Waals surface area (Å²) in [6, 6.07) is 6.66.